The van der Waals surface area contributed by atoms with Crippen molar-refractivity contribution >= 4 is 144 Å². The van der Waals surface area contributed by atoms with Crippen LogP contribution in [0.5, 0.6) is 0 Å². The molecule has 49 heteroatoms. The second kappa shape index (κ2) is 54.5. The minimum absolute atomic E-state index is 0.00123. The van der Waals surface area contributed by atoms with Crippen LogP contribution in [0.15, 0.2) is 83.4 Å². The summed E-state index contributed by atoms with van der Waals surface area (Å²) in [7, 11) is 5.49. The maximum absolute atomic E-state index is 15.0. The fraction of sp³-hybridized carbons (Fsp3) is 0.464. The molecule has 0 saturated heterocycles. The molecule has 1 aliphatic carbocycles. The van der Waals surface area contributed by atoms with E-state index in [0.717, 1.165) is 15.9 Å². The van der Waals surface area contributed by atoms with Gasteiger partial charge in [0, 0.05) is 87.2 Å². The van der Waals surface area contributed by atoms with E-state index in [1.165, 1.54) is 25.3 Å². The third-order valence-corrected chi connectivity index (χ3v) is 23.2. The number of anilines is 2. The molecule has 722 valence electrons. The predicted octanol–water partition coefficient (Wildman–Crippen LogP) is -5.05. The molecule has 3 heterocycles. The molecule has 38 N–H and O–H groups in total. The number of hydrogen-bond acceptors (Lipinski definition) is 24. The number of carboxylic acid groups (broad SMARTS) is 2. The summed E-state index contributed by atoms with van der Waals surface area (Å²) >= 11 is -0.309. The van der Waals surface area contributed by atoms with Gasteiger partial charge in [-0.3, -0.25) is 70.8 Å². The van der Waals surface area contributed by atoms with Crippen molar-refractivity contribution in [1.82, 2.24) is 94.3 Å². The van der Waals surface area contributed by atoms with E-state index < -0.39 is 143 Å². The molecule has 2 aliphatic rings. The zero-order chi connectivity index (χ0) is 98.0. The van der Waals surface area contributed by atoms with Gasteiger partial charge >= 0.3 is 164 Å². The van der Waals surface area contributed by atoms with Crippen LogP contribution in [-0.4, -0.2) is 258 Å². The number of benzene rings is 3. The number of guanidine groups is 6. The molecule has 10 amide bonds. The molecular formula is C84H125N33O15Se. The fourth-order valence-electron chi connectivity index (χ4n) is 13.9. The number of nitrogens with two attached hydrogens (primary N) is 8. The van der Waals surface area contributed by atoms with Crippen LogP contribution in [0.2, 0.25) is 0 Å². The number of nitrogens with one attached hydrogen (secondary N) is 21. The van der Waals surface area contributed by atoms with E-state index in [0.29, 0.717) is 88.9 Å². The standard InChI is InChI=1S/C84H125N33O15Se/c1-45(107-65(118)23-6-5-8-33-99-75(127)64-31-30-63(133-64)53-32-40-106-84(98)115-53)68(120)109-55(17-10-34-100-78(86)87)70(122)111-57(19-12-36-102-80(90)91)72(124)113-59(21-14-38-104-82(94)95)74(126)114-60(22-15-39-105-83(96)97)73(125)112-58(20-13-37-103-81(92)93)71(123)110-56(18-11-35-101-79(88)89)69(121)108-54(67(85)119)16-7-9-41-117(4)48-26-29-51-62(44-48)132-61-43-47(116(2)3)25-28-50(61)66(51)49-27-24-46(76(128)129)42-52(49)77(130)131/h24-32,40,42-45,54-60H,5-23,33-39,41H2,1-4H3,(H38-,85,86,87,88,89,90,91,92,93,94,95,96,97,98,99,100,101,102,103,104,105,106,107,108,109,110,111,112,113,114,115,118,119,120,121,122,123,124,125,126,127,128,129,130,131)/t45-,54-,55-,56-,57-,58-,59-,60-/m1/s1. The van der Waals surface area contributed by atoms with Gasteiger partial charge in [-0.15, -0.1) is 0 Å². The summed E-state index contributed by atoms with van der Waals surface area (Å²) in [5.74, 6) is -13.0. The van der Waals surface area contributed by atoms with Gasteiger partial charge in [0.25, 0.3) is 0 Å². The molecule has 133 heavy (non-hydrogen) atoms. The number of hydrogen-bond donors (Lipinski definition) is 30. The van der Waals surface area contributed by atoms with Crippen LogP contribution < -0.4 is 146 Å². The number of carbonyl (C=O) groups is 12. The summed E-state index contributed by atoms with van der Waals surface area (Å²) in [6, 6.07) is 8.10. The maximum atomic E-state index is 15.0. The van der Waals surface area contributed by atoms with E-state index in [9.17, 15) is 58.2 Å². The van der Waals surface area contributed by atoms with Crippen molar-refractivity contribution in [1.29, 1.82) is 32.5 Å². The SMILES string of the molecule is C[C@@H](NC(=O)CCCCCNC(=O)c1ccc(-c2ccnc(N)n2)[se]1)C(=O)N[C@H](CCCNC(=N)N)C(=O)N[C@H](CCCNC(=N)N)C(=O)N[C@H](CCCNC(=N)N)C(=O)N[C@H](CCCNC(=N)N)C(=O)N[C@H](CCCNC(=N)N)C(=O)N[C@H](CCCNC(=N)N)C(=O)N[C@H](CCCCN(C)c1ccc2c(-c3ccc(C(=O)[O-])cc3C(=O)O)c3ccc(=[N+](C)C)cc-3oc2c1)C(N)=O. The predicted molar refractivity (Wildman–Crippen MR) is 499 cm³/mol. The molecule has 0 unspecified atom stereocenters. The Morgan fingerprint density at radius 1 is 0.481 bits per heavy atom. The molecular weight excluding hydrogens is 1790 g/mol. The number of carboxylic acids is 2. The number of aromatic carboxylic acids is 2. The van der Waals surface area contributed by atoms with E-state index in [2.05, 4.69) is 89.7 Å². The quantitative estimate of drug-likeness (QED) is 0.00424. The summed E-state index contributed by atoms with van der Waals surface area (Å²) < 4.78 is 9.85. The van der Waals surface area contributed by atoms with Gasteiger partial charge in [-0.05, 0) is 132 Å². The molecule has 0 saturated carbocycles. The number of amides is 10. The Morgan fingerprint density at radius 2 is 0.910 bits per heavy atom. The molecule has 2 aromatic heterocycles. The van der Waals surface area contributed by atoms with Crippen molar-refractivity contribution in [3.05, 3.63) is 99.9 Å². The van der Waals surface area contributed by atoms with Gasteiger partial charge in [0.15, 0.2) is 35.8 Å². The van der Waals surface area contributed by atoms with E-state index in [-0.39, 0.29) is 178 Å². The van der Waals surface area contributed by atoms with E-state index >= 15 is 9.59 Å². The molecule has 48 nitrogen and oxygen atoms in total. The molecule has 0 fully saturated rings. The van der Waals surface area contributed by atoms with Crippen LogP contribution in [0.25, 0.3) is 43.6 Å². The zero-order valence-corrected chi connectivity index (χ0v) is 76.4. The fourth-order valence-corrected chi connectivity index (χ4v) is 15.8. The topological polar surface area (TPSA) is 825 Å². The summed E-state index contributed by atoms with van der Waals surface area (Å²) in [6.45, 7) is 2.12. The molecule has 0 radical (unpaired) electrons. The zero-order valence-electron chi connectivity index (χ0n) is 74.7. The number of fused-ring (bicyclic) bond motifs is 2. The number of rotatable bonds is 57. The number of aromatic nitrogens is 2. The van der Waals surface area contributed by atoms with Gasteiger partial charge in [-0.2, -0.15) is 0 Å². The Bertz CT molecular complexity index is 5180. The van der Waals surface area contributed by atoms with E-state index in [4.69, 9.17) is 82.7 Å². The average molecular weight is 1920 g/mol. The molecule has 0 spiro atoms. The average Bonchev–Trinajstić information content (AvgIpc) is 1.26. The molecule has 1 aliphatic heterocycles. The van der Waals surface area contributed by atoms with Gasteiger partial charge in [0.05, 0.1) is 17.6 Å². The van der Waals surface area contributed by atoms with Crippen LogP contribution in [0, 0.1) is 32.5 Å². The third kappa shape index (κ3) is 36.9. The monoisotopic (exact) mass is 1920 g/mol. The van der Waals surface area contributed by atoms with E-state index in [1.54, 1.807) is 49.5 Å². The van der Waals surface area contributed by atoms with Crippen LogP contribution in [-0.2, 0) is 43.2 Å². The molecule has 8 atom stereocenters. The molecule has 4 aromatic rings. The number of nitrogen functional groups attached to an aromatic ring is 1. The number of carbonyl (C=O) groups excluding carboxylic acids is 11. The van der Waals surface area contributed by atoms with Crippen LogP contribution in [0.1, 0.15) is 159 Å². The number of primary amides is 1. The third-order valence-electron chi connectivity index (χ3n) is 20.9. The van der Waals surface area contributed by atoms with Crippen molar-refractivity contribution in [2.75, 3.05) is 84.1 Å². The van der Waals surface area contributed by atoms with E-state index in [1.807, 2.05) is 35.7 Å². The summed E-state index contributed by atoms with van der Waals surface area (Å²) in [6.07, 6.45) is 2.89. The summed E-state index contributed by atoms with van der Waals surface area (Å²) in [5, 5.41) is 110. The van der Waals surface area contributed by atoms with Gasteiger partial charge in [-0.25, -0.2) is 9.37 Å². The first-order valence-electron chi connectivity index (χ1n) is 43.2. The van der Waals surface area contributed by atoms with Gasteiger partial charge in [0.1, 0.15) is 67.7 Å². The Labute approximate surface area is 773 Å². The van der Waals surface area contributed by atoms with Crippen LogP contribution in [0.3, 0.4) is 0 Å². The van der Waals surface area contributed by atoms with Crippen molar-refractivity contribution < 1.29 is 72.2 Å². The van der Waals surface area contributed by atoms with Gasteiger partial charge in [-0.1, -0.05) is 12.1 Å². The molecule has 0 bridgehead atoms. The number of nitrogens with zero attached hydrogens (tertiary/aromatic N) is 4. The van der Waals surface area contributed by atoms with Gasteiger partial charge < -0.3 is 134 Å². The smallest absolute Gasteiger partial charge is 0.545 e. The van der Waals surface area contributed by atoms with Crippen molar-refractivity contribution in [2.24, 2.45) is 40.1 Å². The van der Waals surface area contributed by atoms with Crippen molar-refractivity contribution in [2.45, 2.75) is 177 Å². The Hall–Kier alpha value is -14.9. The normalized spacial score (nSPS) is 12.7. The van der Waals surface area contributed by atoms with Crippen molar-refractivity contribution in [3.8, 4) is 32.6 Å². The van der Waals surface area contributed by atoms with Crippen LogP contribution in [0.4, 0.5) is 11.6 Å². The Kier molecular flexibility index (Phi) is 43.8. The molecule has 6 rings (SSSR count). The number of unbranched alkanes of at least 4 members (excludes halogenated alkanes) is 3. The summed E-state index contributed by atoms with van der Waals surface area (Å²) in [5.41, 5.74) is 47.5. The minimum atomic E-state index is -1.59. The van der Waals surface area contributed by atoms with Crippen LogP contribution >= 0.6 is 0 Å². The first kappa shape index (κ1) is 107. The van der Waals surface area contributed by atoms with Gasteiger partial charge in [0.2, 0.25) is 46.7 Å². The van der Waals surface area contributed by atoms with Crippen molar-refractivity contribution in [3.63, 3.8) is 0 Å². The second-order valence-electron chi connectivity index (χ2n) is 31.5. The minimum Gasteiger partial charge on any atom is -0.545 e. The second-order valence-corrected chi connectivity index (χ2v) is 33.8. The molecule has 2 aromatic carbocycles. The Morgan fingerprint density at radius 3 is 1.33 bits per heavy atom. The summed E-state index contributed by atoms with van der Waals surface area (Å²) in [4.78, 5) is 177. The first-order valence-corrected chi connectivity index (χ1v) is 44.9. The first-order chi connectivity index (χ1) is 63.2. The Balaban J connectivity index is 1.19.